The van der Waals surface area contributed by atoms with Crippen molar-refractivity contribution in [2.75, 3.05) is 0 Å². The molecule has 1 aromatic carbocycles. The van der Waals surface area contributed by atoms with Crippen molar-refractivity contribution in [2.45, 2.75) is 38.0 Å². The zero-order valence-electron chi connectivity index (χ0n) is 11.4. The van der Waals surface area contributed by atoms with Crippen molar-refractivity contribution in [2.24, 2.45) is 0 Å². The summed E-state index contributed by atoms with van der Waals surface area (Å²) in [5.74, 6) is -0.513. The number of hydrogen-bond donors (Lipinski definition) is 1. The highest BCUT2D eigenvalue weighted by Crippen LogP contribution is 2.36. The number of carboxylic acids is 1. The highest BCUT2D eigenvalue weighted by atomic mass is 79.9. The van der Waals surface area contributed by atoms with Gasteiger partial charge in [0.25, 0.3) is 0 Å². The van der Waals surface area contributed by atoms with E-state index in [1.807, 2.05) is 12.1 Å². The van der Waals surface area contributed by atoms with Crippen LogP contribution in [-0.4, -0.2) is 16.1 Å². The molecule has 1 N–H and O–H groups in total. The molecule has 0 amide bonds. The Bertz CT molecular complexity index is 709. The molecule has 5 heteroatoms. The van der Waals surface area contributed by atoms with Crippen molar-refractivity contribution < 1.29 is 9.90 Å². The molecule has 0 bridgehead atoms. The number of fused-ring (bicyclic) bond motifs is 1. The molecule has 1 aliphatic carbocycles. The molecule has 0 unspecified atom stereocenters. The summed E-state index contributed by atoms with van der Waals surface area (Å²) in [4.78, 5) is 16.4. The summed E-state index contributed by atoms with van der Waals surface area (Å²) < 4.78 is 1.67. The molecule has 3 rings (SSSR count). The number of aromatic nitrogens is 1. The Morgan fingerprint density at radius 3 is 2.52 bits per heavy atom. The van der Waals surface area contributed by atoms with E-state index in [9.17, 15) is 9.90 Å². The van der Waals surface area contributed by atoms with Gasteiger partial charge in [-0.2, -0.15) is 0 Å². The summed E-state index contributed by atoms with van der Waals surface area (Å²) in [5.41, 5.74) is 1.99. The molecule has 0 radical (unpaired) electrons. The Morgan fingerprint density at radius 2 is 1.86 bits per heavy atom. The molecule has 1 fully saturated rings. The van der Waals surface area contributed by atoms with Gasteiger partial charge in [-0.1, -0.05) is 35.2 Å². The van der Waals surface area contributed by atoms with Gasteiger partial charge >= 0.3 is 5.97 Å². The summed E-state index contributed by atoms with van der Waals surface area (Å²) >= 11 is 6.91. The van der Waals surface area contributed by atoms with Gasteiger partial charge in [-0.25, -0.2) is 4.79 Å². The number of carboxylic acid groups (broad SMARTS) is 1. The lowest BCUT2D eigenvalue weighted by Crippen LogP contribution is -2.09. The maximum Gasteiger partial charge on any atom is 0.336 e. The number of carbonyl (C=O) groups is 1. The summed E-state index contributed by atoms with van der Waals surface area (Å²) in [5, 5.41) is 10.2. The van der Waals surface area contributed by atoms with Crippen LogP contribution >= 0.6 is 31.9 Å². The molecule has 0 aliphatic heterocycles. The van der Waals surface area contributed by atoms with Crippen molar-refractivity contribution >= 4 is 48.7 Å². The van der Waals surface area contributed by atoms with E-state index in [-0.39, 0.29) is 0 Å². The lowest BCUT2D eigenvalue weighted by atomic mass is 9.86. The van der Waals surface area contributed by atoms with E-state index in [0.717, 1.165) is 33.0 Å². The van der Waals surface area contributed by atoms with Crippen LogP contribution in [0.15, 0.2) is 27.1 Å². The Hall–Kier alpha value is -0.940. The molecule has 1 aliphatic rings. The summed E-state index contributed by atoms with van der Waals surface area (Å²) in [6.45, 7) is 0. The predicted octanol–water partition coefficient (Wildman–Crippen LogP) is 5.51. The van der Waals surface area contributed by atoms with E-state index >= 15 is 0 Å². The first-order valence-electron chi connectivity index (χ1n) is 7.09. The first-order valence-corrected chi connectivity index (χ1v) is 8.68. The molecule has 3 nitrogen and oxygen atoms in total. The molecule has 110 valence electrons. The maximum absolute atomic E-state index is 11.6. The van der Waals surface area contributed by atoms with Crippen molar-refractivity contribution in [1.82, 2.24) is 4.98 Å². The fraction of sp³-hybridized carbons (Fsp3) is 0.375. The number of hydrogen-bond acceptors (Lipinski definition) is 2. The van der Waals surface area contributed by atoms with Gasteiger partial charge in [-0.05, 0) is 47.0 Å². The van der Waals surface area contributed by atoms with E-state index in [1.54, 1.807) is 6.07 Å². The Morgan fingerprint density at radius 1 is 1.14 bits per heavy atom. The van der Waals surface area contributed by atoms with Gasteiger partial charge < -0.3 is 5.11 Å². The van der Waals surface area contributed by atoms with Crippen LogP contribution in [0.5, 0.6) is 0 Å². The molecule has 2 aromatic rings. The van der Waals surface area contributed by atoms with Crippen LogP contribution < -0.4 is 0 Å². The van der Waals surface area contributed by atoms with Crippen LogP contribution in [-0.2, 0) is 0 Å². The van der Waals surface area contributed by atoms with E-state index in [1.165, 1.54) is 19.3 Å². The van der Waals surface area contributed by atoms with E-state index in [4.69, 9.17) is 4.98 Å². The molecular formula is C16H15Br2NO2. The third kappa shape index (κ3) is 2.99. The molecule has 0 saturated heterocycles. The number of pyridine rings is 1. The minimum Gasteiger partial charge on any atom is -0.478 e. The zero-order valence-corrected chi connectivity index (χ0v) is 14.6. The maximum atomic E-state index is 11.6. The minimum atomic E-state index is -0.899. The molecule has 1 heterocycles. The second-order valence-corrected chi connectivity index (χ2v) is 7.29. The van der Waals surface area contributed by atoms with Gasteiger partial charge in [0.2, 0.25) is 0 Å². The first-order chi connectivity index (χ1) is 10.1. The fourth-order valence-corrected chi connectivity index (χ4v) is 4.37. The SMILES string of the molecule is O=C(O)c1cc(C2CCCCC2)nc2c(Br)cc(Br)cc12. The molecule has 1 saturated carbocycles. The Labute approximate surface area is 140 Å². The van der Waals surface area contributed by atoms with Gasteiger partial charge in [0, 0.05) is 25.9 Å². The van der Waals surface area contributed by atoms with E-state index < -0.39 is 5.97 Å². The van der Waals surface area contributed by atoms with Crippen LogP contribution in [0.2, 0.25) is 0 Å². The van der Waals surface area contributed by atoms with E-state index in [2.05, 4.69) is 31.9 Å². The molecule has 21 heavy (non-hydrogen) atoms. The van der Waals surface area contributed by atoms with Crippen LogP contribution in [0.25, 0.3) is 10.9 Å². The van der Waals surface area contributed by atoms with Crippen LogP contribution in [0.3, 0.4) is 0 Å². The Kier molecular flexibility index (Phi) is 4.31. The molecule has 0 atom stereocenters. The number of rotatable bonds is 2. The van der Waals surface area contributed by atoms with Crippen molar-refractivity contribution in [1.29, 1.82) is 0 Å². The van der Waals surface area contributed by atoms with Crippen LogP contribution in [0.4, 0.5) is 0 Å². The van der Waals surface area contributed by atoms with Crippen molar-refractivity contribution in [3.05, 3.63) is 38.4 Å². The van der Waals surface area contributed by atoms with Gasteiger partial charge in [-0.3, -0.25) is 4.98 Å². The lowest BCUT2D eigenvalue weighted by molar-refractivity contribution is 0.0698. The quantitative estimate of drug-likeness (QED) is 0.707. The van der Waals surface area contributed by atoms with Gasteiger partial charge in [0.15, 0.2) is 0 Å². The highest BCUT2D eigenvalue weighted by molar-refractivity contribution is 9.11. The number of aromatic carboxylic acids is 1. The zero-order chi connectivity index (χ0) is 15.0. The average Bonchev–Trinajstić information content (AvgIpc) is 2.47. The smallest absolute Gasteiger partial charge is 0.336 e. The number of nitrogens with zero attached hydrogens (tertiary/aromatic N) is 1. The normalized spacial score (nSPS) is 16.3. The standard InChI is InChI=1S/C16H15Br2NO2/c17-10-6-11-12(16(20)21)8-14(9-4-2-1-3-5-9)19-15(11)13(18)7-10/h6-9H,1-5H2,(H,20,21). The van der Waals surface area contributed by atoms with Crippen LogP contribution in [0.1, 0.15) is 54.1 Å². The second-order valence-electron chi connectivity index (χ2n) is 5.52. The van der Waals surface area contributed by atoms with Crippen molar-refractivity contribution in [3.8, 4) is 0 Å². The first kappa shape index (κ1) is 15.0. The second kappa shape index (κ2) is 6.05. The summed E-state index contributed by atoms with van der Waals surface area (Å²) in [7, 11) is 0. The van der Waals surface area contributed by atoms with Crippen LogP contribution in [0, 0.1) is 0 Å². The lowest BCUT2D eigenvalue weighted by Gasteiger charge is -2.22. The largest absolute Gasteiger partial charge is 0.478 e. The number of benzene rings is 1. The highest BCUT2D eigenvalue weighted by Gasteiger charge is 2.21. The monoisotopic (exact) mass is 411 g/mol. The van der Waals surface area contributed by atoms with E-state index in [0.29, 0.717) is 16.9 Å². The van der Waals surface area contributed by atoms with Gasteiger partial charge in [0.1, 0.15) is 0 Å². The summed E-state index contributed by atoms with van der Waals surface area (Å²) in [6.07, 6.45) is 5.88. The Balaban J connectivity index is 2.21. The van der Waals surface area contributed by atoms with Crippen molar-refractivity contribution in [3.63, 3.8) is 0 Å². The fourth-order valence-electron chi connectivity index (χ4n) is 3.06. The minimum absolute atomic E-state index is 0.336. The molecule has 1 aromatic heterocycles. The number of halogens is 2. The topological polar surface area (TPSA) is 50.2 Å². The third-order valence-corrected chi connectivity index (χ3v) is 5.17. The molecule has 0 spiro atoms. The van der Waals surface area contributed by atoms with Gasteiger partial charge in [-0.15, -0.1) is 0 Å². The predicted molar refractivity (Wildman–Crippen MR) is 89.9 cm³/mol. The third-order valence-electron chi connectivity index (χ3n) is 4.11. The van der Waals surface area contributed by atoms with Gasteiger partial charge in [0.05, 0.1) is 11.1 Å². The summed E-state index contributed by atoms with van der Waals surface area (Å²) in [6, 6.07) is 5.49. The molecular weight excluding hydrogens is 398 g/mol. The average molecular weight is 413 g/mol.